The predicted molar refractivity (Wildman–Crippen MR) is 60.3 cm³/mol. The maximum Gasteiger partial charge on any atom is 0.0524 e. The van der Waals surface area contributed by atoms with Gasteiger partial charge in [0.2, 0.25) is 0 Å². The van der Waals surface area contributed by atoms with Gasteiger partial charge in [-0.3, -0.25) is 0 Å². The summed E-state index contributed by atoms with van der Waals surface area (Å²) in [6, 6.07) is 0.688. The standard InChI is InChI=1S/C12H25NO/c1-9-6-10(2)8-12(7-9)13-5-4-11(3)14/h9-14H,4-8H2,1-3H3. The van der Waals surface area contributed by atoms with Crippen LogP contribution < -0.4 is 5.32 Å². The van der Waals surface area contributed by atoms with E-state index in [9.17, 15) is 0 Å². The summed E-state index contributed by atoms with van der Waals surface area (Å²) in [5.74, 6) is 1.73. The van der Waals surface area contributed by atoms with Gasteiger partial charge in [-0.15, -0.1) is 0 Å². The summed E-state index contributed by atoms with van der Waals surface area (Å²) in [5, 5.41) is 12.7. The van der Waals surface area contributed by atoms with Crippen molar-refractivity contribution < 1.29 is 5.11 Å². The molecule has 1 rings (SSSR count). The van der Waals surface area contributed by atoms with Gasteiger partial charge in [-0.25, -0.2) is 0 Å². The fraction of sp³-hybridized carbons (Fsp3) is 1.00. The molecule has 0 spiro atoms. The van der Waals surface area contributed by atoms with Crippen LogP contribution >= 0.6 is 0 Å². The van der Waals surface area contributed by atoms with E-state index in [1.54, 1.807) is 0 Å². The highest BCUT2D eigenvalue weighted by Crippen LogP contribution is 2.28. The van der Waals surface area contributed by atoms with E-state index in [1.807, 2.05) is 6.92 Å². The van der Waals surface area contributed by atoms with Gasteiger partial charge in [-0.1, -0.05) is 13.8 Å². The molecule has 0 radical (unpaired) electrons. The Morgan fingerprint density at radius 2 is 1.79 bits per heavy atom. The Morgan fingerprint density at radius 3 is 2.29 bits per heavy atom. The fourth-order valence-electron chi connectivity index (χ4n) is 2.61. The third-order valence-corrected chi connectivity index (χ3v) is 3.17. The second-order valence-electron chi connectivity index (χ2n) is 5.21. The van der Waals surface area contributed by atoms with Gasteiger partial charge < -0.3 is 10.4 Å². The molecule has 3 atom stereocenters. The van der Waals surface area contributed by atoms with Crippen molar-refractivity contribution in [2.24, 2.45) is 11.8 Å². The number of hydrogen-bond donors (Lipinski definition) is 2. The zero-order valence-electron chi connectivity index (χ0n) is 9.79. The highest BCUT2D eigenvalue weighted by atomic mass is 16.3. The summed E-state index contributed by atoms with van der Waals surface area (Å²) >= 11 is 0. The molecular weight excluding hydrogens is 174 g/mol. The lowest BCUT2D eigenvalue weighted by Gasteiger charge is -2.32. The van der Waals surface area contributed by atoms with Crippen molar-refractivity contribution in [3.05, 3.63) is 0 Å². The molecule has 1 fully saturated rings. The van der Waals surface area contributed by atoms with E-state index in [-0.39, 0.29) is 6.10 Å². The molecule has 0 aromatic rings. The van der Waals surface area contributed by atoms with Crippen molar-refractivity contribution in [3.8, 4) is 0 Å². The van der Waals surface area contributed by atoms with Crippen LogP contribution in [0.1, 0.15) is 46.5 Å². The van der Waals surface area contributed by atoms with E-state index in [0.717, 1.165) is 24.8 Å². The third-order valence-electron chi connectivity index (χ3n) is 3.17. The lowest BCUT2D eigenvalue weighted by atomic mass is 9.80. The summed E-state index contributed by atoms with van der Waals surface area (Å²) < 4.78 is 0. The Kier molecular flexibility index (Phi) is 4.90. The molecule has 0 saturated heterocycles. The molecule has 14 heavy (non-hydrogen) atoms. The Balaban J connectivity index is 2.17. The third kappa shape index (κ3) is 4.43. The molecule has 0 amide bonds. The van der Waals surface area contributed by atoms with Crippen LogP contribution in [0, 0.1) is 11.8 Å². The smallest absolute Gasteiger partial charge is 0.0524 e. The molecule has 0 aliphatic heterocycles. The summed E-state index contributed by atoms with van der Waals surface area (Å²) in [7, 11) is 0. The van der Waals surface area contributed by atoms with Crippen LogP contribution in [0.15, 0.2) is 0 Å². The van der Waals surface area contributed by atoms with Crippen LogP contribution in [0.4, 0.5) is 0 Å². The second-order valence-corrected chi connectivity index (χ2v) is 5.21. The van der Waals surface area contributed by atoms with Crippen LogP contribution in [0.3, 0.4) is 0 Å². The first-order valence-electron chi connectivity index (χ1n) is 5.99. The monoisotopic (exact) mass is 199 g/mol. The van der Waals surface area contributed by atoms with Gasteiger partial charge >= 0.3 is 0 Å². The van der Waals surface area contributed by atoms with E-state index in [2.05, 4.69) is 19.2 Å². The summed E-state index contributed by atoms with van der Waals surface area (Å²) in [6.07, 6.45) is 4.71. The van der Waals surface area contributed by atoms with E-state index in [4.69, 9.17) is 5.11 Å². The van der Waals surface area contributed by atoms with Crippen molar-refractivity contribution >= 4 is 0 Å². The quantitative estimate of drug-likeness (QED) is 0.727. The van der Waals surface area contributed by atoms with Crippen LogP contribution in [0.25, 0.3) is 0 Å². The largest absolute Gasteiger partial charge is 0.393 e. The van der Waals surface area contributed by atoms with E-state index in [1.165, 1.54) is 19.3 Å². The number of hydrogen-bond acceptors (Lipinski definition) is 2. The highest BCUT2D eigenvalue weighted by molar-refractivity contribution is 4.79. The number of aliphatic hydroxyl groups excluding tert-OH is 1. The number of nitrogens with one attached hydrogen (secondary N) is 1. The molecule has 0 aromatic heterocycles. The fourth-order valence-corrected chi connectivity index (χ4v) is 2.61. The zero-order valence-corrected chi connectivity index (χ0v) is 9.79. The van der Waals surface area contributed by atoms with Crippen LogP contribution in [0.2, 0.25) is 0 Å². The van der Waals surface area contributed by atoms with Gasteiger partial charge in [-0.05, 0) is 51.0 Å². The van der Waals surface area contributed by atoms with Gasteiger partial charge in [0.05, 0.1) is 6.10 Å². The van der Waals surface area contributed by atoms with Crippen molar-refractivity contribution in [1.82, 2.24) is 5.32 Å². The van der Waals surface area contributed by atoms with E-state index >= 15 is 0 Å². The minimum Gasteiger partial charge on any atom is -0.393 e. The summed E-state index contributed by atoms with van der Waals surface area (Å²) in [5.41, 5.74) is 0. The minimum atomic E-state index is -0.166. The molecule has 0 heterocycles. The first-order chi connectivity index (χ1) is 6.58. The first-order valence-corrected chi connectivity index (χ1v) is 5.99. The van der Waals surface area contributed by atoms with Gasteiger partial charge in [0.25, 0.3) is 0 Å². The Labute approximate surface area is 88.1 Å². The molecule has 0 bridgehead atoms. The van der Waals surface area contributed by atoms with E-state index in [0.29, 0.717) is 6.04 Å². The van der Waals surface area contributed by atoms with Crippen LogP contribution in [0.5, 0.6) is 0 Å². The molecule has 84 valence electrons. The van der Waals surface area contributed by atoms with Crippen molar-refractivity contribution in [1.29, 1.82) is 0 Å². The van der Waals surface area contributed by atoms with Crippen LogP contribution in [-0.2, 0) is 0 Å². The van der Waals surface area contributed by atoms with Crippen LogP contribution in [-0.4, -0.2) is 23.8 Å². The highest BCUT2D eigenvalue weighted by Gasteiger charge is 2.23. The molecule has 2 nitrogen and oxygen atoms in total. The molecule has 3 unspecified atom stereocenters. The van der Waals surface area contributed by atoms with Crippen molar-refractivity contribution in [2.75, 3.05) is 6.54 Å². The molecule has 1 aliphatic carbocycles. The molecule has 1 saturated carbocycles. The lowest BCUT2D eigenvalue weighted by Crippen LogP contribution is -2.37. The van der Waals surface area contributed by atoms with Gasteiger partial charge in [-0.2, -0.15) is 0 Å². The van der Waals surface area contributed by atoms with Crippen molar-refractivity contribution in [3.63, 3.8) is 0 Å². The summed E-state index contributed by atoms with van der Waals surface area (Å²) in [4.78, 5) is 0. The zero-order chi connectivity index (χ0) is 10.6. The number of rotatable bonds is 4. The normalized spacial score (nSPS) is 35.6. The van der Waals surface area contributed by atoms with E-state index < -0.39 is 0 Å². The van der Waals surface area contributed by atoms with Gasteiger partial charge in [0, 0.05) is 6.04 Å². The Morgan fingerprint density at radius 1 is 1.21 bits per heavy atom. The van der Waals surface area contributed by atoms with Gasteiger partial charge in [0.1, 0.15) is 0 Å². The average molecular weight is 199 g/mol. The first kappa shape index (κ1) is 12.0. The predicted octanol–water partition coefficient (Wildman–Crippen LogP) is 2.17. The average Bonchev–Trinajstić information content (AvgIpc) is 2.01. The molecular formula is C12H25NO. The molecule has 2 N–H and O–H groups in total. The van der Waals surface area contributed by atoms with Crippen molar-refractivity contribution in [2.45, 2.75) is 58.6 Å². The van der Waals surface area contributed by atoms with Gasteiger partial charge in [0.15, 0.2) is 0 Å². The molecule has 1 aliphatic rings. The maximum atomic E-state index is 9.15. The minimum absolute atomic E-state index is 0.166. The maximum absolute atomic E-state index is 9.15. The Hall–Kier alpha value is -0.0800. The topological polar surface area (TPSA) is 32.3 Å². The molecule has 0 aromatic carbocycles. The number of aliphatic hydroxyl groups is 1. The lowest BCUT2D eigenvalue weighted by molar-refractivity contribution is 0.175. The Bertz CT molecular complexity index is 148. The second kappa shape index (κ2) is 5.72. The summed E-state index contributed by atoms with van der Waals surface area (Å²) in [6.45, 7) is 7.51. The molecule has 2 heteroatoms. The SMILES string of the molecule is CC(O)CCNC1CC(C)CC(C)C1.